The van der Waals surface area contributed by atoms with Crippen LogP contribution in [0.1, 0.15) is 47.2 Å². The van der Waals surface area contributed by atoms with Gasteiger partial charge < -0.3 is 5.32 Å². The molecule has 32 heavy (non-hydrogen) atoms. The molecule has 1 aliphatic carbocycles. The van der Waals surface area contributed by atoms with Gasteiger partial charge in [0.15, 0.2) is 5.16 Å². The summed E-state index contributed by atoms with van der Waals surface area (Å²) in [4.78, 5) is 25.8. The number of amides is 1. The van der Waals surface area contributed by atoms with Crippen molar-refractivity contribution in [2.45, 2.75) is 49.6 Å². The van der Waals surface area contributed by atoms with Crippen molar-refractivity contribution >= 4 is 34.3 Å². The van der Waals surface area contributed by atoms with Crippen LogP contribution in [0.5, 0.6) is 0 Å². The third kappa shape index (κ3) is 3.79. The highest BCUT2D eigenvalue weighted by molar-refractivity contribution is 7.98. The van der Waals surface area contributed by atoms with Gasteiger partial charge in [0.1, 0.15) is 0 Å². The van der Waals surface area contributed by atoms with E-state index in [1.165, 1.54) is 15.7 Å². The van der Waals surface area contributed by atoms with Crippen molar-refractivity contribution in [1.82, 2.24) is 24.5 Å². The van der Waals surface area contributed by atoms with Gasteiger partial charge in [-0.3, -0.25) is 18.6 Å². The Kier molecular flexibility index (Phi) is 5.46. The van der Waals surface area contributed by atoms with Crippen LogP contribution in [0.4, 0.5) is 0 Å². The number of carbonyl (C=O) groups excluding carboxylic acids is 1. The first-order valence-corrected chi connectivity index (χ1v) is 11.9. The molecule has 1 fully saturated rings. The van der Waals surface area contributed by atoms with Crippen LogP contribution in [-0.4, -0.2) is 31.1 Å². The molecule has 1 N–H and O–H groups in total. The highest BCUT2D eigenvalue weighted by atomic mass is 32.2. The van der Waals surface area contributed by atoms with Gasteiger partial charge in [-0.15, -0.1) is 10.2 Å². The monoisotopic (exact) mass is 447 g/mol. The van der Waals surface area contributed by atoms with Crippen LogP contribution in [-0.2, 0) is 12.8 Å². The van der Waals surface area contributed by atoms with Gasteiger partial charge in [0.2, 0.25) is 5.78 Å². The first-order valence-electron chi connectivity index (χ1n) is 10.9. The Labute approximate surface area is 189 Å². The van der Waals surface area contributed by atoms with E-state index >= 15 is 0 Å². The van der Waals surface area contributed by atoms with Crippen LogP contribution in [0.3, 0.4) is 0 Å². The van der Waals surface area contributed by atoms with Crippen LogP contribution < -0.4 is 10.9 Å². The van der Waals surface area contributed by atoms with Gasteiger partial charge in [-0.25, -0.2) is 0 Å². The lowest BCUT2D eigenvalue weighted by Crippen LogP contribution is -2.32. The van der Waals surface area contributed by atoms with Crippen LogP contribution in [0.25, 0.3) is 16.7 Å². The van der Waals surface area contributed by atoms with E-state index in [1.54, 1.807) is 37.0 Å². The number of benzene rings is 2. The molecule has 1 saturated carbocycles. The largest absolute Gasteiger partial charge is 0.349 e. The standard InChI is InChI=1S/C24H25N5O2S/c1-15-6-5-7-16(12-15)14-32-24-27-26-23-28(2)22(31)19-11-10-17(13-20(19)29(23)24)21(30)25-18-8-3-4-9-18/h5-7,10-13,18H,3-4,8-9,14H2,1-2H3,(H,25,30). The summed E-state index contributed by atoms with van der Waals surface area (Å²) in [7, 11) is 1.70. The van der Waals surface area contributed by atoms with Crippen molar-refractivity contribution in [1.29, 1.82) is 0 Å². The number of hydrogen-bond acceptors (Lipinski definition) is 5. The van der Waals surface area contributed by atoms with Crippen molar-refractivity contribution in [2.75, 3.05) is 0 Å². The van der Waals surface area contributed by atoms with E-state index in [0.717, 1.165) is 31.4 Å². The molecule has 0 atom stereocenters. The minimum Gasteiger partial charge on any atom is -0.349 e. The van der Waals surface area contributed by atoms with Crippen LogP contribution >= 0.6 is 11.8 Å². The number of nitrogens with zero attached hydrogens (tertiary/aromatic N) is 4. The zero-order chi connectivity index (χ0) is 22.2. The molecule has 4 aromatic rings. The second-order valence-electron chi connectivity index (χ2n) is 8.45. The number of hydrogen-bond donors (Lipinski definition) is 1. The molecule has 1 aliphatic rings. The third-order valence-electron chi connectivity index (χ3n) is 6.09. The molecule has 0 unspecified atom stereocenters. The number of aryl methyl sites for hydroxylation is 2. The third-order valence-corrected chi connectivity index (χ3v) is 7.09. The van der Waals surface area contributed by atoms with Crippen LogP contribution in [0, 0.1) is 6.92 Å². The molecule has 0 spiro atoms. The van der Waals surface area contributed by atoms with E-state index in [2.05, 4.69) is 40.6 Å². The number of aromatic nitrogens is 4. The molecule has 2 heterocycles. The lowest BCUT2D eigenvalue weighted by Gasteiger charge is -2.13. The second kappa shape index (κ2) is 8.43. The second-order valence-corrected chi connectivity index (χ2v) is 9.39. The predicted octanol–water partition coefficient (Wildman–Crippen LogP) is 3.85. The lowest BCUT2D eigenvalue weighted by atomic mass is 10.1. The Balaban J connectivity index is 1.56. The molecule has 1 amide bonds. The number of thioether (sulfide) groups is 1. The molecule has 7 nitrogen and oxygen atoms in total. The summed E-state index contributed by atoms with van der Waals surface area (Å²) in [5.74, 6) is 1.09. The fourth-order valence-corrected chi connectivity index (χ4v) is 5.27. The molecule has 2 aromatic carbocycles. The normalized spacial score (nSPS) is 14.4. The van der Waals surface area contributed by atoms with E-state index in [0.29, 0.717) is 27.4 Å². The summed E-state index contributed by atoms with van der Waals surface area (Å²) in [6.07, 6.45) is 4.35. The van der Waals surface area contributed by atoms with Crippen molar-refractivity contribution < 1.29 is 4.79 Å². The van der Waals surface area contributed by atoms with E-state index in [9.17, 15) is 9.59 Å². The van der Waals surface area contributed by atoms with Crippen LogP contribution in [0.2, 0.25) is 0 Å². The molecule has 5 rings (SSSR count). The molecule has 2 aromatic heterocycles. The van der Waals surface area contributed by atoms with Crippen molar-refractivity contribution in [3.05, 3.63) is 69.5 Å². The maximum atomic E-state index is 12.9. The summed E-state index contributed by atoms with van der Waals surface area (Å²) in [5, 5.41) is 13.0. The highest BCUT2D eigenvalue weighted by Crippen LogP contribution is 2.25. The van der Waals surface area contributed by atoms with Gasteiger partial charge in [0, 0.05) is 24.4 Å². The molecule has 0 bridgehead atoms. The zero-order valence-electron chi connectivity index (χ0n) is 18.2. The Bertz CT molecular complexity index is 1380. The fourth-order valence-electron chi connectivity index (χ4n) is 4.38. The Morgan fingerprint density at radius 1 is 1.16 bits per heavy atom. The summed E-state index contributed by atoms with van der Waals surface area (Å²) in [5.41, 5.74) is 3.44. The SMILES string of the molecule is Cc1cccc(CSc2nnc3n(C)c(=O)c4ccc(C(=O)NC5CCCC5)cc4n23)c1. The minimum absolute atomic E-state index is 0.102. The fraction of sp³-hybridized carbons (Fsp3) is 0.333. The average Bonchev–Trinajstić information content (AvgIpc) is 3.46. The van der Waals surface area contributed by atoms with Crippen molar-refractivity contribution in [3.8, 4) is 0 Å². The highest BCUT2D eigenvalue weighted by Gasteiger charge is 2.20. The topological polar surface area (TPSA) is 81.3 Å². The summed E-state index contributed by atoms with van der Waals surface area (Å²) < 4.78 is 3.38. The van der Waals surface area contributed by atoms with Gasteiger partial charge in [-0.05, 0) is 43.5 Å². The van der Waals surface area contributed by atoms with E-state index in [4.69, 9.17) is 0 Å². The molecular weight excluding hydrogens is 422 g/mol. The molecule has 8 heteroatoms. The Hall–Kier alpha value is -3.13. The average molecular weight is 448 g/mol. The molecular formula is C24H25N5O2S. The summed E-state index contributed by atoms with van der Waals surface area (Å²) in [6, 6.07) is 13.8. The van der Waals surface area contributed by atoms with Gasteiger partial charge in [-0.1, -0.05) is 54.4 Å². The smallest absolute Gasteiger partial charge is 0.262 e. The zero-order valence-corrected chi connectivity index (χ0v) is 19.0. The molecule has 0 radical (unpaired) electrons. The van der Waals surface area contributed by atoms with Gasteiger partial charge >= 0.3 is 0 Å². The van der Waals surface area contributed by atoms with E-state index < -0.39 is 0 Å². The molecule has 0 aliphatic heterocycles. The van der Waals surface area contributed by atoms with Crippen molar-refractivity contribution in [3.63, 3.8) is 0 Å². The quantitative estimate of drug-likeness (QED) is 0.470. The van der Waals surface area contributed by atoms with Gasteiger partial charge in [-0.2, -0.15) is 0 Å². The van der Waals surface area contributed by atoms with Gasteiger partial charge in [0.25, 0.3) is 11.5 Å². The van der Waals surface area contributed by atoms with Gasteiger partial charge in [0.05, 0.1) is 10.9 Å². The summed E-state index contributed by atoms with van der Waals surface area (Å²) >= 11 is 1.56. The van der Waals surface area contributed by atoms with E-state index in [-0.39, 0.29) is 17.5 Å². The first-order chi connectivity index (χ1) is 15.5. The number of carbonyl (C=O) groups is 1. The summed E-state index contributed by atoms with van der Waals surface area (Å²) in [6.45, 7) is 2.07. The number of fused-ring (bicyclic) bond motifs is 3. The maximum absolute atomic E-state index is 12.9. The minimum atomic E-state index is -0.155. The lowest BCUT2D eigenvalue weighted by molar-refractivity contribution is 0.0938. The molecule has 0 saturated heterocycles. The Morgan fingerprint density at radius 2 is 1.97 bits per heavy atom. The van der Waals surface area contributed by atoms with Crippen molar-refractivity contribution in [2.24, 2.45) is 7.05 Å². The number of nitrogens with one attached hydrogen (secondary N) is 1. The molecule has 164 valence electrons. The number of rotatable bonds is 5. The Morgan fingerprint density at radius 3 is 2.75 bits per heavy atom. The van der Waals surface area contributed by atoms with E-state index in [1.807, 2.05) is 10.5 Å². The van der Waals surface area contributed by atoms with Crippen LogP contribution in [0.15, 0.2) is 52.4 Å². The predicted molar refractivity (Wildman–Crippen MR) is 126 cm³/mol. The first kappa shape index (κ1) is 20.8. The maximum Gasteiger partial charge on any atom is 0.262 e.